The van der Waals surface area contributed by atoms with Crippen LogP contribution in [0.2, 0.25) is 0 Å². The molecular weight excluding hydrogens is 198 g/mol. The highest BCUT2D eigenvalue weighted by molar-refractivity contribution is 4.77. The van der Waals surface area contributed by atoms with Gasteiger partial charge in [0.05, 0.1) is 0 Å². The third-order valence-electron chi connectivity index (χ3n) is 3.97. The van der Waals surface area contributed by atoms with Gasteiger partial charge in [0.2, 0.25) is 0 Å². The fraction of sp³-hybridized carbons (Fsp3) is 1.00. The summed E-state index contributed by atoms with van der Waals surface area (Å²) in [7, 11) is 0. The Morgan fingerprint density at radius 3 is 2.31 bits per heavy atom. The zero-order chi connectivity index (χ0) is 11.2. The molecule has 0 atom stereocenters. The molecule has 0 saturated carbocycles. The van der Waals surface area contributed by atoms with Crippen LogP contribution in [0, 0.1) is 5.92 Å². The van der Waals surface area contributed by atoms with Crippen molar-refractivity contribution in [3.8, 4) is 0 Å². The van der Waals surface area contributed by atoms with Crippen molar-refractivity contribution in [3.05, 3.63) is 0 Å². The number of nitrogens with one attached hydrogen (secondary N) is 1. The fourth-order valence-corrected chi connectivity index (χ4v) is 2.97. The van der Waals surface area contributed by atoms with Gasteiger partial charge in [-0.1, -0.05) is 6.92 Å². The van der Waals surface area contributed by atoms with E-state index in [1.54, 1.807) is 0 Å². The average Bonchev–Trinajstić information content (AvgIpc) is 2.33. The fourth-order valence-electron chi connectivity index (χ4n) is 2.97. The summed E-state index contributed by atoms with van der Waals surface area (Å²) in [6.45, 7) is 12.5. The van der Waals surface area contributed by atoms with E-state index in [-0.39, 0.29) is 0 Å². The zero-order valence-corrected chi connectivity index (χ0v) is 10.7. The molecule has 0 bridgehead atoms. The van der Waals surface area contributed by atoms with E-state index in [2.05, 4.69) is 22.0 Å². The molecule has 0 aliphatic carbocycles. The molecule has 0 aromatic rings. The van der Waals surface area contributed by atoms with Gasteiger partial charge in [-0.05, 0) is 44.8 Å². The van der Waals surface area contributed by atoms with Crippen molar-refractivity contribution in [2.75, 3.05) is 52.4 Å². The van der Waals surface area contributed by atoms with E-state index < -0.39 is 0 Å². The lowest BCUT2D eigenvalue weighted by atomic mass is 9.96. The van der Waals surface area contributed by atoms with Gasteiger partial charge in [-0.25, -0.2) is 0 Å². The maximum atomic E-state index is 3.43. The molecule has 2 heterocycles. The number of piperidine rings is 1. The first-order valence-electron chi connectivity index (χ1n) is 7.04. The van der Waals surface area contributed by atoms with Crippen molar-refractivity contribution in [3.63, 3.8) is 0 Å². The number of nitrogens with zero attached hydrogens (tertiary/aromatic N) is 2. The number of hydrogen-bond acceptors (Lipinski definition) is 3. The molecule has 3 nitrogen and oxygen atoms in total. The molecule has 0 aromatic heterocycles. The maximum Gasteiger partial charge on any atom is 0.0107 e. The Morgan fingerprint density at radius 1 is 1.00 bits per heavy atom. The van der Waals surface area contributed by atoms with Gasteiger partial charge in [0, 0.05) is 32.7 Å². The molecule has 2 rings (SSSR count). The predicted molar refractivity (Wildman–Crippen MR) is 68.8 cm³/mol. The largest absolute Gasteiger partial charge is 0.314 e. The Morgan fingerprint density at radius 2 is 1.69 bits per heavy atom. The minimum Gasteiger partial charge on any atom is -0.314 e. The third-order valence-corrected chi connectivity index (χ3v) is 3.97. The predicted octanol–water partition coefficient (Wildman–Crippen LogP) is 1.01. The Kier molecular flexibility index (Phi) is 5.07. The first kappa shape index (κ1) is 12.3. The second kappa shape index (κ2) is 6.58. The highest BCUT2D eigenvalue weighted by Gasteiger charge is 2.21. The van der Waals surface area contributed by atoms with Crippen molar-refractivity contribution in [1.82, 2.24) is 15.1 Å². The normalized spacial score (nSPS) is 26.1. The Balaban J connectivity index is 1.64. The zero-order valence-electron chi connectivity index (χ0n) is 10.7. The SMILES string of the molecule is CCCN1CCC(CN2CCNCC2)CC1. The van der Waals surface area contributed by atoms with E-state index in [9.17, 15) is 0 Å². The van der Waals surface area contributed by atoms with Gasteiger partial charge in [-0.15, -0.1) is 0 Å². The van der Waals surface area contributed by atoms with Gasteiger partial charge < -0.3 is 15.1 Å². The van der Waals surface area contributed by atoms with E-state index >= 15 is 0 Å². The van der Waals surface area contributed by atoms with Crippen LogP contribution in [0.15, 0.2) is 0 Å². The van der Waals surface area contributed by atoms with Crippen molar-refractivity contribution in [2.45, 2.75) is 26.2 Å². The topological polar surface area (TPSA) is 18.5 Å². The number of hydrogen-bond donors (Lipinski definition) is 1. The summed E-state index contributed by atoms with van der Waals surface area (Å²) in [4.78, 5) is 5.28. The number of piperazine rings is 1. The van der Waals surface area contributed by atoms with Crippen molar-refractivity contribution in [2.24, 2.45) is 5.92 Å². The van der Waals surface area contributed by atoms with Crippen LogP contribution in [-0.2, 0) is 0 Å². The summed E-state index contributed by atoms with van der Waals surface area (Å²) >= 11 is 0. The lowest BCUT2D eigenvalue weighted by Crippen LogP contribution is -2.46. The molecule has 0 amide bonds. The highest BCUT2D eigenvalue weighted by atomic mass is 15.2. The van der Waals surface area contributed by atoms with Crippen LogP contribution >= 0.6 is 0 Å². The molecule has 2 aliphatic heterocycles. The molecule has 3 heteroatoms. The summed E-state index contributed by atoms with van der Waals surface area (Å²) in [6, 6.07) is 0. The molecule has 0 aromatic carbocycles. The van der Waals surface area contributed by atoms with Gasteiger partial charge in [0.15, 0.2) is 0 Å². The van der Waals surface area contributed by atoms with Crippen molar-refractivity contribution in [1.29, 1.82) is 0 Å². The summed E-state index contributed by atoms with van der Waals surface area (Å²) in [5.41, 5.74) is 0. The molecular formula is C13H27N3. The number of likely N-dealkylation sites (tertiary alicyclic amines) is 1. The Hall–Kier alpha value is -0.120. The molecule has 0 unspecified atom stereocenters. The lowest BCUT2D eigenvalue weighted by Gasteiger charge is -2.36. The summed E-state index contributed by atoms with van der Waals surface area (Å²) in [5.74, 6) is 0.964. The molecule has 0 spiro atoms. The van der Waals surface area contributed by atoms with E-state index in [0.29, 0.717) is 0 Å². The average molecular weight is 225 g/mol. The standard InChI is InChI=1S/C13H27N3/c1-2-7-15-8-3-13(4-9-15)12-16-10-5-14-6-11-16/h13-14H,2-12H2,1H3. The minimum absolute atomic E-state index is 0.964. The summed E-state index contributed by atoms with van der Waals surface area (Å²) in [5, 5.41) is 3.43. The van der Waals surface area contributed by atoms with Crippen LogP contribution in [0.25, 0.3) is 0 Å². The van der Waals surface area contributed by atoms with Crippen LogP contribution in [0.1, 0.15) is 26.2 Å². The van der Waals surface area contributed by atoms with Gasteiger partial charge in [0.1, 0.15) is 0 Å². The lowest BCUT2D eigenvalue weighted by molar-refractivity contribution is 0.136. The van der Waals surface area contributed by atoms with Gasteiger partial charge >= 0.3 is 0 Å². The van der Waals surface area contributed by atoms with Crippen LogP contribution in [0.3, 0.4) is 0 Å². The maximum absolute atomic E-state index is 3.43. The molecule has 16 heavy (non-hydrogen) atoms. The molecule has 2 fully saturated rings. The summed E-state index contributed by atoms with van der Waals surface area (Å²) in [6.07, 6.45) is 4.15. The van der Waals surface area contributed by atoms with Crippen molar-refractivity contribution >= 4 is 0 Å². The third kappa shape index (κ3) is 3.72. The van der Waals surface area contributed by atoms with E-state index in [4.69, 9.17) is 0 Å². The molecule has 94 valence electrons. The highest BCUT2D eigenvalue weighted by Crippen LogP contribution is 2.18. The van der Waals surface area contributed by atoms with Crippen molar-refractivity contribution < 1.29 is 0 Å². The van der Waals surface area contributed by atoms with Gasteiger partial charge in [-0.2, -0.15) is 0 Å². The molecule has 1 N–H and O–H groups in total. The first-order chi connectivity index (χ1) is 7.88. The van der Waals surface area contributed by atoms with Crippen LogP contribution in [-0.4, -0.2) is 62.2 Å². The van der Waals surface area contributed by atoms with Crippen LogP contribution < -0.4 is 5.32 Å². The second-order valence-corrected chi connectivity index (χ2v) is 5.34. The number of rotatable bonds is 4. The van der Waals surface area contributed by atoms with Crippen LogP contribution in [0.4, 0.5) is 0 Å². The smallest absolute Gasteiger partial charge is 0.0107 e. The molecule has 2 aliphatic rings. The minimum atomic E-state index is 0.964. The van der Waals surface area contributed by atoms with E-state index in [1.807, 2.05) is 0 Å². The Bertz CT molecular complexity index is 182. The second-order valence-electron chi connectivity index (χ2n) is 5.34. The van der Waals surface area contributed by atoms with E-state index in [1.165, 1.54) is 71.6 Å². The van der Waals surface area contributed by atoms with Crippen LogP contribution in [0.5, 0.6) is 0 Å². The summed E-state index contributed by atoms with van der Waals surface area (Å²) < 4.78 is 0. The van der Waals surface area contributed by atoms with E-state index in [0.717, 1.165) is 5.92 Å². The van der Waals surface area contributed by atoms with Gasteiger partial charge in [0.25, 0.3) is 0 Å². The molecule has 0 radical (unpaired) electrons. The first-order valence-corrected chi connectivity index (χ1v) is 7.04. The monoisotopic (exact) mass is 225 g/mol. The quantitative estimate of drug-likeness (QED) is 0.770. The Labute approximate surface area is 100 Å². The molecule has 2 saturated heterocycles. The van der Waals surface area contributed by atoms with Gasteiger partial charge in [-0.3, -0.25) is 0 Å².